The summed E-state index contributed by atoms with van der Waals surface area (Å²) in [5.74, 6) is -5.95. The van der Waals surface area contributed by atoms with E-state index < -0.39 is 59.8 Å². The lowest BCUT2D eigenvalue weighted by molar-refractivity contribution is -0.286. The number of carbonyl (C=O) groups excluding carboxylic acids is 2. The highest BCUT2D eigenvalue weighted by Crippen LogP contribution is 2.45. The van der Waals surface area contributed by atoms with E-state index in [4.69, 9.17) is 11.6 Å². The lowest BCUT2D eigenvalue weighted by Crippen LogP contribution is -2.60. The van der Waals surface area contributed by atoms with Crippen LogP contribution in [0, 0.1) is 0 Å². The largest absolute Gasteiger partial charge is 0.586 e. The molecule has 1 saturated carbocycles. The molecule has 2 aliphatic rings. The van der Waals surface area contributed by atoms with Crippen molar-refractivity contribution in [2.75, 3.05) is 4.90 Å². The number of alkyl halides is 6. The summed E-state index contributed by atoms with van der Waals surface area (Å²) in [6.07, 6.45) is -1.38. The van der Waals surface area contributed by atoms with Gasteiger partial charge in [0.25, 0.3) is 17.4 Å². The summed E-state index contributed by atoms with van der Waals surface area (Å²) < 4.78 is 77.3. The fraction of sp³-hybridized carbons (Fsp3) is 0.455. The van der Waals surface area contributed by atoms with Gasteiger partial charge in [-0.1, -0.05) is 11.6 Å². The minimum Gasteiger partial charge on any atom is -0.395 e. The van der Waals surface area contributed by atoms with Gasteiger partial charge in [0.15, 0.2) is 17.0 Å². The molecule has 0 spiro atoms. The maximum atomic E-state index is 14.2. The van der Waals surface area contributed by atoms with Crippen LogP contribution in [-0.4, -0.2) is 45.7 Å². The van der Waals surface area contributed by atoms with Crippen LogP contribution in [0.15, 0.2) is 36.9 Å². The van der Waals surface area contributed by atoms with Gasteiger partial charge in [-0.2, -0.15) is 0 Å². The van der Waals surface area contributed by atoms with Crippen molar-refractivity contribution in [1.82, 2.24) is 15.3 Å². The summed E-state index contributed by atoms with van der Waals surface area (Å²) in [6.45, 7) is 1.24. The lowest BCUT2D eigenvalue weighted by atomic mass is 9.87. The SMILES string of the molecule is CC(C(=O)NC1CCC(F)(F)CC1)(c1cncnc1)N(C(=O)[C@H](F)Cl)c1ccc2c(c1)OC(F)(F)O2. The first-order valence-electron chi connectivity index (χ1n) is 10.8. The molecule has 1 unspecified atom stereocenters. The van der Waals surface area contributed by atoms with E-state index in [0.29, 0.717) is 4.90 Å². The van der Waals surface area contributed by atoms with Crippen LogP contribution in [0.25, 0.3) is 0 Å². The molecule has 2 heterocycles. The number of hydrogen-bond acceptors (Lipinski definition) is 6. The Morgan fingerprint density at radius 2 is 1.75 bits per heavy atom. The fourth-order valence-electron chi connectivity index (χ4n) is 4.20. The number of nitrogens with zero attached hydrogens (tertiary/aromatic N) is 3. The second-order valence-corrected chi connectivity index (χ2v) is 8.96. The van der Waals surface area contributed by atoms with Crippen LogP contribution in [0.4, 0.5) is 27.6 Å². The number of anilines is 1. The molecule has 1 fully saturated rings. The third-order valence-corrected chi connectivity index (χ3v) is 6.30. The van der Waals surface area contributed by atoms with Crippen molar-refractivity contribution >= 4 is 29.1 Å². The highest BCUT2D eigenvalue weighted by atomic mass is 35.5. The van der Waals surface area contributed by atoms with Crippen molar-refractivity contribution in [2.24, 2.45) is 0 Å². The number of amides is 2. The maximum absolute atomic E-state index is 14.2. The van der Waals surface area contributed by atoms with Crippen molar-refractivity contribution < 1.29 is 41.0 Å². The van der Waals surface area contributed by atoms with E-state index in [9.17, 15) is 31.5 Å². The van der Waals surface area contributed by atoms with Crippen LogP contribution >= 0.6 is 11.6 Å². The number of hydrogen-bond donors (Lipinski definition) is 1. The van der Waals surface area contributed by atoms with Gasteiger partial charge in [-0.3, -0.25) is 14.5 Å². The normalized spacial score (nSPS) is 20.8. The number of halogens is 6. The van der Waals surface area contributed by atoms with E-state index in [-0.39, 0.29) is 29.8 Å². The van der Waals surface area contributed by atoms with Crippen LogP contribution in [-0.2, 0) is 15.1 Å². The zero-order valence-electron chi connectivity index (χ0n) is 18.7. The Morgan fingerprint density at radius 1 is 1.14 bits per heavy atom. The molecule has 1 N–H and O–H groups in total. The number of fused-ring (bicyclic) bond motifs is 1. The van der Waals surface area contributed by atoms with E-state index in [1.54, 1.807) is 0 Å². The molecule has 0 bridgehead atoms. The predicted molar refractivity (Wildman–Crippen MR) is 116 cm³/mol. The molecule has 8 nitrogen and oxygen atoms in total. The third kappa shape index (κ3) is 5.01. The second kappa shape index (κ2) is 9.34. The average Bonchev–Trinajstić information content (AvgIpc) is 3.13. The smallest absolute Gasteiger partial charge is 0.395 e. The number of benzene rings is 1. The molecule has 1 aromatic carbocycles. The summed E-state index contributed by atoms with van der Waals surface area (Å²) in [7, 11) is 0. The number of carbonyl (C=O) groups is 2. The first kappa shape index (κ1) is 25.9. The van der Waals surface area contributed by atoms with Crippen LogP contribution in [0.5, 0.6) is 11.5 Å². The molecule has 0 saturated heterocycles. The van der Waals surface area contributed by atoms with Crippen LogP contribution in [0.1, 0.15) is 38.2 Å². The summed E-state index contributed by atoms with van der Waals surface area (Å²) in [5, 5.41) is 2.64. The van der Waals surface area contributed by atoms with Gasteiger partial charge in [0.1, 0.15) is 6.33 Å². The standard InChI is InChI=1S/C22H20ClF5N4O4/c1-20(12-9-29-11-30-10-12,19(34)31-13-4-6-21(25,26)7-5-13)32(18(33)17(23)24)14-2-3-15-16(8-14)36-22(27,28)35-15/h2-3,8-11,13,17H,4-7H2,1H3,(H,31,34)/t17-,20?/m0/s1. The second-order valence-electron chi connectivity index (χ2n) is 8.58. The Kier molecular flexibility index (Phi) is 6.71. The van der Waals surface area contributed by atoms with E-state index in [1.165, 1.54) is 19.3 Å². The molecule has 2 amide bonds. The quantitative estimate of drug-likeness (QED) is 0.439. The molecule has 0 radical (unpaired) electrons. The molecule has 194 valence electrons. The monoisotopic (exact) mass is 534 g/mol. The molecular formula is C22H20ClF5N4O4. The fourth-order valence-corrected chi connectivity index (χ4v) is 4.30. The van der Waals surface area contributed by atoms with Crippen LogP contribution < -0.4 is 19.7 Å². The van der Waals surface area contributed by atoms with Crippen molar-refractivity contribution in [2.45, 2.75) is 62.0 Å². The molecule has 2 aromatic rings. The summed E-state index contributed by atoms with van der Waals surface area (Å²) in [4.78, 5) is 35.1. The van der Waals surface area contributed by atoms with E-state index in [0.717, 1.165) is 24.5 Å². The summed E-state index contributed by atoms with van der Waals surface area (Å²) >= 11 is 5.48. The minimum absolute atomic E-state index is 0.0114. The Hall–Kier alpha value is -3.22. The van der Waals surface area contributed by atoms with Gasteiger partial charge in [0.2, 0.25) is 5.92 Å². The lowest BCUT2D eigenvalue weighted by Gasteiger charge is -2.41. The average molecular weight is 535 g/mol. The number of ether oxygens (including phenoxy) is 2. The van der Waals surface area contributed by atoms with Gasteiger partial charge in [0.05, 0.1) is 0 Å². The van der Waals surface area contributed by atoms with E-state index >= 15 is 0 Å². The first-order chi connectivity index (χ1) is 16.8. The van der Waals surface area contributed by atoms with Gasteiger partial charge >= 0.3 is 6.29 Å². The van der Waals surface area contributed by atoms with Crippen molar-refractivity contribution in [3.63, 3.8) is 0 Å². The first-order valence-corrected chi connectivity index (χ1v) is 11.2. The highest BCUT2D eigenvalue weighted by Gasteiger charge is 2.49. The van der Waals surface area contributed by atoms with Gasteiger partial charge < -0.3 is 14.8 Å². The Morgan fingerprint density at radius 3 is 2.36 bits per heavy atom. The van der Waals surface area contributed by atoms with E-state index in [1.807, 2.05) is 0 Å². The molecule has 2 atom stereocenters. The molecule has 1 aliphatic heterocycles. The maximum Gasteiger partial charge on any atom is 0.586 e. The van der Waals surface area contributed by atoms with E-state index in [2.05, 4.69) is 24.8 Å². The summed E-state index contributed by atoms with van der Waals surface area (Å²) in [6, 6.07) is 2.49. The van der Waals surface area contributed by atoms with Crippen molar-refractivity contribution in [3.05, 3.63) is 42.5 Å². The highest BCUT2D eigenvalue weighted by molar-refractivity contribution is 6.32. The number of nitrogens with one attached hydrogen (secondary N) is 1. The molecule has 36 heavy (non-hydrogen) atoms. The topological polar surface area (TPSA) is 93.7 Å². The zero-order valence-corrected chi connectivity index (χ0v) is 19.4. The Balaban J connectivity index is 1.77. The zero-order chi connectivity index (χ0) is 26.3. The predicted octanol–water partition coefficient (Wildman–Crippen LogP) is 4.28. The molecule has 1 aliphatic carbocycles. The molecule has 4 rings (SSSR count). The van der Waals surface area contributed by atoms with Gasteiger partial charge in [0, 0.05) is 48.6 Å². The van der Waals surface area contributed by atoms with Crippen LogP contribution in [0.2, 0.25) is 0 Å². The molecular weight excluding hydrogens is 515 g/mol. The Bertz CT molecular complexity index is 1150. The number of rotatable bonds is 6. The third-order valence-electron chi connectivity index (χ3n) is 6.11. The van der Waals surface area contributed by atoms with Crippen LogP contribution in [0.3, 0.4) is 0 Å². The molecule has 14 heteroatoms. The summed E-state index contributed by atoms with van der Waals surface area (Å²) in [5.41, 5.74) is -4.95. The van der Waals surface area contributed by atoms with Gasteiger partial charge in [-0.05, 0) is 31.9 Å². The van der Waals surface area contributed by atoms with Crippen molar-refractivity contribution in [1.29, 1.82) is 0 Å². The van der Waals surface area contributed by atoms with Gasteiger partial charge in [-0.15, -0.1) is 8.78 Å². The Labute approximate surface area is 206 Å². The molecule has 1 aromatic heterocycles. The van der Waals surface area contributed by atoms with Crippen molar-refractivity contribution in [3.8, 4) is 11.5 Å². The number of aromatic nitrogens is 2. The van der Waals surface area contributed by atoms with Gasteiger partial charge in [-0.25, -0.2) is 23.1 Å². The minimum atomic E-state index is -3.97.